The Kier molecular flexibility index (Phi) is 5.07. The van der Waals surface area contributed by atoms with E-state index in [1.807, 2.05) is 33.0 Å². The van der Waals surface area contributed by atoms with E-state index in [1.54, 1.807) is 17.4 Å². The molecule has 1 aliphatic carbocycles. The molecule has 0 spiro atoms. The van der Waals surface area contributed by atoms with Gasteiger partial charge in [-0.05, 0) is 63.8 Å². The average Bonchev–Trinajstić information content (AvgIpc) is 2.49. The summed E-state index contributed by atoms with van der Waals surface area (Å²) in [5.74, 6) is 0. The maximum Gasteiger partial charge on any atom is 0.243 e. The van der Waals surface area contributed by atoms with Crippen LogP contribution in [0.1, 0.15) is 36.8 Å². The monoisotopic (exact) mass is 310 g/mol. The highest BCUT2D eigenvalue weighted by Gasteiger charge is 2.31. The Hall–Kier alpha value is -0.910. The predicted molar refractivity (Wildman–Crippen MR) is 86.0 cm³/mol. The molecule has 0 atom stereocenters. The van der Waals surface area contributed by atoms with Crippen LogP contribution in [0.4, 0.5) is 0 Å². The van der Waals surface area contributed by atoms with Crippen molar-refractivity contribution in [3.05, 3.63) is 29.3 Å². The third-order valence-electron chi connectivity index (χ3n) is 4.62. The van der Waals surface area contributed by atoms with Gasteiger partial charge in [0.2, 0.25) is 10.0 Å². The highest BCUT2D eigenvalue weighted by Crippen LogP contribution is 2.28. The smallest absolute Gasteiger partial charge is 0.243 e. The van der Waals surface area contributed by atoms with E-state index in [4.69, 9.17) is 0 Å². The van der Waals surface area contributed by atoms with Crippen molar-refractivity contribution in [3.63, 3.8) is 0 Å². The summed E-state index contributed by atoms with van der Waals surface area (Å²) in [6, 6.07) is 6.25. The van der Waals surface area contributed by atoms with Gasteiger partial charge in [0, 0.05) is 19.1 Å². The van der Waals surface area contributed by atoms with Crippen molar-refractivity contribution < 1.29 is 8.42 Å². The van der Waals surface area contributed by atoms with Crippen molar-refractivity contribution in [1.29, 1.82) is 0 Å². The largest absolute Gasteiger partial charge is 0.317 e. The van der Waals surface area contributed by atoms with Crippen molar-refractivity contribution in [1.82, 2.24) is 9.62 Å². The van der Waals surface area contributed by atoms with E-state index >= 15 is 0 Å². The maximum atomic E-state index is 12.9. The van der Waals surface area contributed by atoms with Crippen LogP contribution in [0.2, 0.25) is 0 Å². The van der Waals surface area contributed by atoms with Crippen LogP contribution >= 0.6 is 0 Å². The molecule has 0 amide bonds. The molecule has 21 heavy (non-hydrogen) atoms. The van der Waals surface area contributed by atoms with Gasteiger partial charge >= 0.3 is 0 Å². The normalized spacial score (nSPS) is 23.5. The molecule has 2 rings (SSSR count). The lowest BCUT2D eigenvalue weighted by Gasteiger charge is -2.34. The van der Waals surface area contributed by atoms with E-state index in [-0.39, 0.29) is 6.04 Å². The van der Waals surface area contributed by atoms with Crippen molar-refractivity contribution in [2.75, 3.05) is 14.1 Å². The molecule has 1 saturated carbocycles. The Morgan fingerprint density at radius 2 is 1.76 bits per heavy atom. The summed E-state index contributed by atoms with van der Waals surface area (Å²) in [6.07, 6.45) is 3.92. The summed E-state index contributed by atoms with van der Waals surface area (Å²) in [5, 5.41) is 3.28. The topological polar surface area (TPSA) is 49.4 Å². The molecule has 1 N–H and O–H groups in total. The lowest BCUT2D eigenvalue weighted by molar-refractivity contribution is 0.255. The van der Waals surface area contributed by atoms with Crippen LogP contribution < -0.4 is 5.32 Å². The van der Waals surface area contributed by atoms with Crippen LogP contribution in [0.25, 0.3) is 0 Å². The first kappa shape index (κ1) is 16.5. The van der Waals surface area contributed by atoms with Gasteiger partial charge in [-0.3, -0.25) is 0 Å². The number of benzene rings is 1. The summed E-state index contributed by atoms with van der Waals surface area (Å²) < 4.78 is 27.3. The zero-order valence-corrected chi connectivity index (χ0v) is 14.2. The fourth-order valence-electron chi connectivity index (χ4n) is 3.06. The number of rotatable bonds is 4. The molecule has 0 bridgehead atoms. The van der Waals surface area contributed by atoms with E-state index in [0.717, 1.165) is 36.8 Å². The highest BCUT2D eigenvalue weighted by atomic mass is 32.2. The van der Waals surface area contributed by atoms with E-state index in [9.17, 15) is 8.42 Å². The van der Waals surface area contributed by atoms with Crippen molar-refractivity contribution in [2.45, 2.75) is 56.5 Å². The minimum Gasteiger partial charge on any atom is -0.317 e. The third-order valence-corrected chi connectivity index (χ3v) is 6.67. The molecular weight excluding hydrogens is 284 g/mol. The third kappa shape index (κ3) is 3.47. The Bertz CT molecular complexity index is 590. The van der Waals surface area contributed by atoms with Gasteiger partial charge in [-0.25, -0.2) is 8.42 Å². The number of hydrogen-bond donors (Lipinski definition) is 1. The zero-order valence-electron chi connectivity index (χ0n) is 13.4. The molecule has 1 aromatic carbocycles. The second-order valence-corrected chi connectivity index (χ2v) is 8.05. The first-order chi connectivity index (χ1) is 9.86. The van der Waals surface area contributed by atoms with Crippen LogP contribution in [0.3, 0.4) is 0 Å². The number of nitrogens with one attached hydrogen (secondary N) is 1. The molecule has 4 nitrogen and oxygen atoms in total. The predicted octanol–water partition coefficient (Wildman–Crippen LogP) is 2.45. The standard InChI is InChI=1S/C16H26N2O2S/c1-12-5-6-13(2)16(11-12)21(19,20)18(4)15-9-7-14(17-3)8-10-15/h5-6,11,14-15,17H,7-10H2,1-4H3. The van der Waals surface area contributed by atoms with Crippen molar-refractivity contribution in [3.8, 4) is 0 Å². The highest BCUT2D eigenvalue weighted by molar-refractivity contribution is 7.89. The number of hydrogen-bond acceptors (Lipinski definition) is 3. The van der Waals surface area contributed by atoms with E-state index in [2.05, 4.69) is 5.32 Å². The lowest BCUT2D eigenvalue weighted by atomic mass is 9.91. The number of sulfonamides is 1. The summed E-state index contributed by atoms with van der Waals surface area (Å²) >= 11 is 0. The molecule has 1 fully saturated rings. The van der Waals surface area contributed by atoms with Gasteiger partial charge in [-0.2, -0.15) is 4.31 Å². The summed E-state index contributed by atoms with van der Waals surface area (Å²) in [6.45, 7) is 3.79. The van der Waals surface area contributed by atoms with Crippen LogP contribution in [-0.4, -0.2) is 38.9 Å². The molecule has 0 heterocycles. The summed E-state index contributed by atoms with van der Waals surface area (Å²) in [4.78, 5) is 0.445. The molecule has 5 heteroatoms. The van der Waals surface area contributed by atoms with Crippen LogP contribution in [-0.2, 0) is 10.0 Å². The fraction of sp³-hybridized carbons (Fsp3) is 0.625. The second-order valence-electron chi connectivity index (χ2n) is 6.08. The van der Waals surface area contributed by atoms with E-state index in [1.165, 1.54) is 0 Å². The van der Waals surface area contributed by atoms with Crippen LogP contribution in [0.15, 0.2) is 23.1 Å². The molecule has 0 unspecified atom stereocenters. The SMILES string of the molecule is CNC1CCC(N(C)S(=O)(=O)c2cc(C)ccc2C)CC1. The molecule has 118 valence electrons. The molecule has 0 aliphatic heterocycles. The minimum absolute atomic E-state index is 0.111. The van der Waals surface area contributed by atoms with Gasteiger partial charge in [0.25, 0.3) is 0 Å². The Labute approximate surface area is 128 Å². The van der Waals surface area contributed by atoms with E-state index in [0.29, 0.717) is 10.9 Å². The minimum atomic E-state index is -3.40. The molecule has 1 aliphatic rings. The Morgan fingerprint density at radius 1 is 1.14 bits per heavy atom. The number of nitrogens with zero attached hydrogens (tertiary/aromatic N) is 1. The fourth-order valence-corrected chi connectivity index (χ4v) is 4.79. The molecule has 0 radical (unpaired) electrons. The quantitative estimate of drug-likeness (QED) is 0.929. The zero-order chi connectivity index (χ0) is 15.6. The lowest BCUT2D eigenvalue weighted by Crippen LogP contribution is -2.42. The second kappa shape index (κ2) is 6.46. The molecule has 1 aromatic rings. The Morgan fingerprint density at radius 3 is 2.33 bits per heavy atom. The molecule has 0 saturated heterocycles. The maximum absolute atomic E-state index is 12.9. The summed E-state index contributed by atoms with van der Waals surface area (Å²) in [5.41, 5.74) is 1.79. The first-order valence-electron chi connectivity index (χ1n) is 7.59. The van der Waals surface area contributed by atoms with Gasteiger partial charge < -0.3 is 5.32 Å². The average molecular weight is 310 g/mol. The van der Waals surface area contributed by atoms with Gasteiger partial charge in [0.15, 0.2) is 0 Å². The number of aryl methyl sites for hydroxylation is 2. The molecule has 0 aromatic heterocycles. The van der Waals surface area contributed by atoms with Gasteiger partial charge in [0.05, 0.1) is 4.90 Å². The first-order valence-corrected chi connectivity index (χ1v) is 9.03. The Balaban J connectivity index is 2.21. The van der Waals surface area contributed by atoms with Gasteiger partial charge in [-0.15, -0.1) is 0 Å². The van der Waals surface area contributed by atoms with Crippen molar-refractivity contribution in [2.24, 2.45) is 0 Å². The van der Waals surface area contributed by atoms with Crippen LogP contribution in [0.5, 0.6) is 0 Å². The van der Waals surface area contributed by atoms with Crippen molar-refractivity contribution >= 4 is 10.0 Å². The van der Waals surface area contributed by atoms with E-state index < -0.39 is 10.0 Å². The van der Waals surface area contributed by atoms with Gasteiger partial charge in [-0.1, -0.05) is 12.1 Å². The van der Waals surface area contributed by atoms with Gasteiger partial charge in [0.1, 0.15) is 0 Å². The summed E-state index contributed by atoms with van der Waals surface area (Å²) in [7, 11) is 0.294. The van der Waals surface area contributed by atoms with Crippen LogP contribution in [0, 0.1) is 13.8 Å². The molecular formula is C16H26N2O2S.